The van der Waals surface area contributed by atoms with Gasteiger partial charge in [0.25, 0.3) is 0 Å². The van der Waals surface area contributed by atoms with Gasteiger partial charge in [-0.15, -0.1) is 0 Å². The number of aliphatic imine (C=N–C) groups is 1. The summed E-state index contributed by atoms with van der Waals surface area (Å²) in [7, 11) is 3.65. The van der Waals surface area contributed by atoms with Crippen LogP contribution < -0.4 is 4.74 Å². The molecule has 1 unspecified atom stereocenters. The second-order valence-corrected chi connectivity index (χ2v) is 7.41. The van der Waals surface area contributed by atoms with Crippen molar-refractivity contribution in [3.05, 3.63) is 57.6 Å². The number of nitrogens with zero attached hydrogens (tertiary/aromatic N) is 3. The van der Waals surface area contributed by atoms with Gasteiger partial charge in [0.15, 0.2) is 6.10 Å². The summed E-state index contributed by atoms with van der Waals surface area (Å²) in [5, 5.41) is 4.93. The molecule has 0 spiro atoms. The molecule has 0 saturated heterocycles. The van der Waals surface area contributed by atoms with Crippen molar-refractivity contribution in [1.29, 1.82) is 0 Å². The van der Waals surface area contributed by atoms with Crippen molar-refractivity contribution in [3.63, 3.8) is 0 Å². The van der Waals surface area contributed by atoms with Gasteiger partial charge in [-0.2, -0.15) is 0 Å². The Bertz CT molecular complexity index is 924. The van der Waals surface area contributed by atoms with Crippen LogP contribution in [0.1, 0.15) is 41.7 Å². The lowest BCUT2D eigenvalue weighted by atomic mass is 9.96. The van der Waals surface area contributed by atoms with Crippen LogP contribution in [0.2, 0.25) is 5.02 Å². The van der Waals surface area contributed by atoms with E-state index in [0.717, 1.165) is 45.9 Å². The van der Waals surface area contributed by atoms with Crippen LogP contribution in [-0.4, -0.2) is 37.7 Å². The number of methoxy groups -OCH3 is 1. The molecule has 3 rings (SSSR count). The smallest absolute Gasteiger partial charge is 0.158 e. The number of ether oxygens (including phenoxy) is 1. The summed E-state index contributed by atoms with van der Waals surface area (Å²) in [6.07, 6.45) is 2.34. The topological polar surface area (TPSA) is 46.4 Å². The number of hydrogen-bond donors (Lipinski definition) is 0. The molecule has 0 N–H and O–H groups in total. The van der Waals surface area contributed by atoms with Crippen LogP contribution in [0.3, 0.4) is 0 Å². The molecule has 1 aliphatic heterocycles. The first-order chi connectivity index (χ1) is 13.4. The van der Waals surface area contributed by atoms with Crippen molar-refractivity contribution < 1.29 is 9.57 Å². The van der Waals surface area contributed by atoms with Crippen molar-refractivity contribution in [2.45, 2.75) is 33.3 Å². The molecule has 0 radical (unpaired) electrons. The number of halogens is 1. The van der Waals surface area contributed by atoms with Gasteiger partial charge in [0, 0.05) is 20.0 Å². The molecule has 6 heteroatoms. The summed E-state index contributed by atoms with van der Waals surface area (Å²) in [4.78, 5) is 12.2. The first-order valence-electron chi connectivity index (χ1n) is 9.35. The van der Waals surface area contributed by atoms with E-state index >= 15 is 0 Å². The number of oxime groups is 1. The lowest BCUT2D eigenvalue weighted by molar-refractivity contribution is 0.0853. The highest BCUT2D eigenvalue weighted by molar-refractivity contribution is 6.33. The molecular weight excluding hydrogens is 374 g/mol. The minimum absolute atomic E-state index is 0.147. The minimum Gasteiger partial charge on any atom is -0.496 e. The zero-order valence-electron chi connectivity index (χ0n) is 17.0. The number of hydrogen-bond acceptors (Lipinski definition) is 4. The normalized spacial score (nSPS) is 16.2. The van der Waals surface area contributed by atoms with E-state index in [1.54, 1.807) is 13.4 Å². The molecule has 1 heterocycles. The summed E-state index contributed by atoms with van der Waals surface area (Å²) in [6, 6.07) is 9.99. The molecular formula is C22H26ClN3O2. The molecule has 2 aromatic carbocycles. The molecule has 0 aliphatic carbocycles. The van der Waals surface area contributed by atoms with E-state index in [9.17, 15) is 0 Å². The molecule has 28 heavy (non-hydrogen) atoms. The van der Waals surface area contributed by atoms with Crippen LogP contribution >= 0.6 is 11.6 Å². The Morgan fingerprint density at radius 1 is 1.29 bits per heavy atom. The summed E-state index contributed by atoms with van der Waals surface area (Å²) < 4.78 is 5.33. The zero-order valence-corrected chi connectivity index (χ0v) is 17.7. The zero-order chi connectivity index (χ0) is 20.3. The van der Waals surface area contributed by atoms with Crippen LogP contribution in [0.5, 0.6) is 5.75 Å². The van der Waals surface area contributed by atoms with Gasteiger partial charge in [-0.05, 0) is 73.4 Å². The molecule has 0 aromatic heterocycles. The maximum Gasteiger partial charge on any atom is 0.158 e. The minimum atomic E-state index is -0.147. The van der Waals surface area contributed by atoms with Crippen LogP contribution in [0.4, 0.5) is 5.69 Å². The van der Waals surface area contributed by atoms with Gasteiger partial charge in [-0.1, -0.05) is 16.8 Å². The van der Waals surface area contributed by atoms with E-state index in [0.29, 0.717) is 11.4 Å². The van der Waals surface area contributed by atoms with E-state index in [-0.39, 0.29) is 6.10 Å². The van der Waals surface area contributed by atoms with Gasteiger partial charge in [-0.25, -0.2) is 4.99 Å². The van der Waals surface area contributed by atoms with Crippen LogP contribution in [0, 0.1) is 13.8 Å². The molecule has 0 saturated carbocycles. The van der Waals surface area contributed by atoms with Gasteiger partial charge < -0.3 is 14.5 Å². The third-order valence-corrected chi connectivity index (χ3v) is 5.27. The van der Waals surface area contributed by atoms with E-state index in [1.807, 2.05) is 50.1 Å². The molecule has 1 atom stereocenters. The standard InChI is InChI=1S/C22H26ClN3O2/c1-6-26(4)13-24-20-10-14(2)17(11-18(20)23)22-12-19(25-28-22)16-7-8-21(27-5)15(3)9-16/h7-11,13,22H,6,12H2,1-5H3/b24-13-. The lowest BCUT2D eigenvalue weighted by Gasteiger charge is -2.14. The fourth-order valence-electron chi connectivity index (χ4n) is 3.14. The van der Waals surface area contributed by atoms with E-state index < -0.39 is 0 Å². The summed E-state index contributed by atoms with van der Waals surface area (Å²) in [6.45, 7) is 7.03. The summed E-state index contributed by atoms with van der Waals surface area (Å²) in [5.74, 6) is 0.868. The van der Waals surface area contributed by atoms with Crippen LogP contribution in [-0.2, 0) is 4.84 Å². The van der Waals surface area contributed by atoms with Gasteiger partial charge in [0.1, 0.15) is 5.75 Å². The summed E-state index contributed by atoms with van der Waals surface area (Å²) in [5.41, 5.74) is 5.93. The highest BCUT2D eigenvalue weighted by atomic mass is 35.5. The number of aryl methyl sites for hydroxylation is 2. The maximum atomic E-state index is 6.47. The summed E-state index contributed by atoms with van der Waals surface area (Å²) >= 11 is 6.47. The fourth-order valence-corrected chi connectivity index (χ4v) is 3.36. The second kappa shape index (κ2) is 8.65. The van der Waals surface area contributed by atoms with Gasteiger partial charge in [0.05, 0.1) is 29.9 Å². The quantitative estimate of drug-likeness (QED) is 0.479. The van der Waals surface area contributed by atoms with Crippen molar-refractivity contribution >= 4 is 29.3 Å². The van der Waals surface area contributed by atoms with Gasteiger partial charge in [0.2, 0.25) is 0 Å². The fraction of sp³-hybridized carbons (Fsp3) is 0.364. The third-order valence-electron chi connectivity index (χ3n) is 4.97. The molecule has 148 valence electrons. The predicted octanol–water partition coefficient (Wildman–Crippen LogP) is 5.44. The Balaban J connectivity index is 1.78. The first kappa shape index (κ1) is 20.2. The van der Waals surface area contributed by atoms with E-state index in [4.69, 9.17) is 21.2 Å². The SMILES string of the molecule is CCN(C)/C=N\c1cc(C)c(C2CC(c3ccc(OC)c(C)c3)=NO2)cc1Cl. The third kappa shape index (κ3) is 4.30. The number of benzene rings is 2. The molecule has 5 nitrogen and oxygen atoms in total. The number of rotatable bonds is 6. The molecule has 0 fully saturated rings. The Kier molecular flexibility index (Phi) is 6.25. The average Bonchev–Trinajstić information content (AvgIpc) is 3.17. The van der Waals surface area contributed by atoms with Gasteiger partial charge >= 0.3 is 0 Å². The Labute approximate surface area is 171 Å². The molecule has 0 bridgehead atoms. The van der Waals surface area contributed by atoms with Crippen LogP contribution in [0.25, 0.3) is 0 Å². The van der Waals surface area contributed by atoms with Crippen molar-refractivity contribution in [2.75, 3.05) is 20.7 Å². The predicted molar refractivity (Wildman–Crippen MR) is 115 cm³/mol. The Morgan fingerprint density at radius 2 is 2.07 bits per heavy atom. The lowest BCUT2D eigenvalue weighted by Crippen LogP contribution is -2.14. The van der Waals surface area contributed by atoms with Gasteiger partial charge in [-0.3, -0.25) is 0 Å². The second-order valence-electron chi connectivity index (χ2n) is 7.00. The van der Waals surface area contributed by atoms with Crippen LogP contribution in [0.15, 0.2) is 40.5 Å². The highest BCUT2D eigenvalue weighted by Gasteiger charge is 2.26. The monoisotopic (exact) mass is 399 g/mol. The first-order valence-corrected chi connectivity index (χ1v) is 9.72. The van der Waals surface area contributed by atoms with Crippen molar-refractivity contribution in [3.8, 4) is 5.75 Å². The molecule has 2 aromatic rings. The molecule has 1 aliphatic rings. The highest BCUT2D eigenvalue weighted by Crippen LogP contribution is 2.37. The largest absolute Gasteiger partial charge is 0.496 e. The van der Waals surface area contributed by atoms with E-state index in [1.165, 1.54) is 0 Å². The maximum absolute atomic E-state index is 6.47. The van der Waals surface area contributed by atoms with Crippen molar-refractivity contribution in [2.24, 2.45) is 10.1 Å². The average molecular weight is 400 g/mol. The van der Waals surface area contributed by atoms with E-state index in [2.05, 4.69) is 23.1 Å². The Morgan fingerprint density at radius 3 is 2.75 bits per heavy atom. The molecule has 0 amide bonds. The Hall–Kier alpha value is -2.53. The van der Waals surface area contributed by atoms with Crippen molar-refractivity contribution in [1.82, 2.24) is 4.90 Å².